The largest absolute Gasteiger partial charge is 0.378 e. The Labute approximate surface area is 128 Å². The zero-order chi connectivity index (χ0) is 15.5. The van der Waals surface area contributed by atoms with Gasteiger partial charge in [0.1, 0.15) is 5.82 Å². The molecule has 1 amide bonds. The van der Waals surface area contributed by atoms with Crippen molar-refractivity contribution >= 4 is 5.91 Å². The average Bonchev–Trinajstić information content (AvgIpc) is 2.56. The van der Waals surface area contributed by atoms with E-state index in [4.69, 9.17) is 4.74 Å². The highest BCUT2D eigenvalue weighted by Gasteiger charge is 2.20. The molecule has 1 aromatic carbocycles. The summed E-state index contributed by atoms with van der Waals surface area (Å²) in [5.41, 5.74) is 2.84. The lowest BCUT2D eigenvalue weighted by Gasteiger charge is -2.27. The lowest BCUT2D eigenvalue weighted by molar-refractivity contribution is 0.0302. The van der Waals surface area contributed by atoms with Crippen LogP contribution in [0.2, 0.25) is 0 Å². The van der Waals surface area contributed by atoms with Crippen molar-refractivity contribution in [1.82, 2.24) is 9.88 Å². The molecule has 1 aliphatic rings. The fourth-order valence-electron chi connectivity index (χ4n) is 2.51. The van der Waals surface area contributed by atoms with Gasteiger partial charge in [-0.3, -0.25) is 9.78 Å². The molecular formula is C17H17FN2O2. The number of carbonyl (C=O) groups excluding carboxylic acids is 1. The Morgan fingerprint density at radius 1 is 1.14 bits per heavy atom. The number of aromatic nitrogens is 1. The highest BCUT2D eigenvalue weighted by Crippen LogP contribution is 2.20. The van der Waals surface area contributed by atoms with Gasteiger partial charge in [-0.25, -0.2) is 4.39 Å². The molecule has 5 heteroatoms. The molecule has 0 unspecified atom stereocenters. The molecule has 0 atom stereocenters. The number of hydrogen-bond acceptors (Lipinski definition) is 3. The second-order valence-electron chi connectivity index (χ2n) is 5.24. The molecular weight excluding hydrogens is 283 g/mol. The fraction of sp³-hybridized carbons (Fsp3) is 0.294. The maximum atomic E-state index is 13.0. The van der Waals surface area contributed by atoms with Crippen LogP contribution in [0.4, 0.5) is 4.39 Å². The molecule has 1 aromatic heterocycles. The van der Waals surface area contributed by atoms with Crippen molar-refractivity contribution in [2.45, 2.75) is 6.92 Å². The smallest absolute Gasteiger partial charge is 0.255 e. The first kappa shape index (κ1) is 14.7. The van der Waals surface area contributed by atoms with E-state index in [-0.39, 0.29) is 11.7 Å². The van der Waals surface area contributed by atoms with Crippen LogP contribution in [0.15, 0.2) is 36.4 Å². The van der Waals surface area contributed by atoms with Gasteiger partial charge in [-0.2, -0.15) is 0 Å². The van der Waals surface area contributed by atoms with Crippen molar-refractivity contribution in [2.75, 3.05) is 26.3 Å². The van der Waals surface area contributed by atoms with Gasteiger partial charge < -0.3 is 9.64 Å². The number of rotatable bonds is 2. The van der Waals surface area contributed by atoms with E-state index >= 15 is 0 Å². The van der Waals surface area contributed by atoms with Crippen LogP contribution in [0.25, 0.3) is 11.3 Å². The van der Waals surface area contributed by atoms with Gasteiger partial charge in [0.25, 0.3) is 5.91 Å². The number of nitrogens with zero attached hydrogens (tertiary/aromatic N) is 2. The number of carbonyl (C=O) groups is 1. The summed E-state index contributed by atoms with van der Waals surface area (Å²) in [6.07, 6.45) is 0. The van der Waals surface area contributed by atoms with Gasteiger partial charge in [-0.1, -0.05) is 0 Å². The standard InChI is InChI=1S/C17H17FN2O2/c1-12-15(17(21)20-8-10-22-11-9-20)6-7-16(19-12)13-2-4-14(18)5-3-13/h2-7H,8-11H2,1H3. The molecule has 22 heavy (non-hydrogen) atoms. The number of pyridine rings is 1. The van der Waals surface area contributed by atoms with E-state index in [0.717, 1.165) is 11.3 Å². The van der Waals surface area contributed by atoms with E-state index in [9.17, 15) is 9.18 Å². The monoisotopic (exact) mass is 300 g/mol. The SMILES string of the molecule is Cc1nc(-c2ccc(F)cc2)ccc1C(=O)N1CCOCC1. The lowest BCUT2D eigenvalue weighted by atomic mass is 10.1. The van der Waals surface area contributed by atoms with Gasteiger partial charge in [0.05, 0.1) is 30.2 Å². The van der Waals surface area contributed by atoms with Crippen LogP contribution in [-0.2, 0) is 4.74 Å². The average molecular weight is 300 g/mol. The van der Waals surface area contributed by atoms with Crippen LogP contribution in [0.1, 0.15) is 16.1 Å². The Hall–Kier alpha value is -2.27. The van der Waals surface area contributed by atoms with Crippen LogP contribution < -0.4 is 0 Å². The second-order valence-corrected chi connectivity index (χ2v) is 5.24. The summed E-state index contributed by atoms with van der Waals surface area (Å²) in [4.78, 5) is 18.8. The van der Waals surface area contributed by atoms with Gasteiger partial charge in [0, 0.05) is 18.7 Å². The van der Waals surface area contributed by atoms with Crippen molar-refractivity contribution in [3.8, 4) is 11.3 Å². The van der Waals surface area contributed by atoms with Gasteiger partial charge in [-0.05, 0) is 43.3 Å². The van der Waals surface area contributed by atoms with Gasteiger partial charge in [-0.15, -0.1) is 0 Å². The predicted octanol–water partition coefficient (Wildman–Crippen LogP) is 2.67. The Morgan fingerprint density at radius 2 is 1.82 bits per heavy atom. The Bertz CT molecular complexity index is 680. The molecule has 0 aliphatic carbocycles. The molecule has 1 fully saturated rings. The predicted molar refractivity (Wildman–Crippen MR) is 81.1 cm³/mol. The van der Waals surface area contributed by atoms with Gasteiger partial charge in [0.15, 0.2) is 0 Å². The zero-order valence-corrected chi connectivity index (χ0v) is 12.4. The maximum Gasteiger partial charge on any atom is 0.255 e. The summed E-state index contributed by atoms with van der Waals surface area (Å²) in [7, 11) is 0. The number of amides is 1. The molecule has 3 rings (SSSR count). The Kier molecular flexibility index (Phi) is 4.15. The number of hydrogen-bond donors (Lipinski definition) is 0. The van der Waals surface area contributed by atoms with Crippen LogP contribution in [0, 0.1) is 12.7 Å². The molecule has 2 heterocycles. The first-order valence-corrected chi connectivity index (χ1v) is 7.26. The molecule has 0 N–H and O–H groups in total. The van der Waals surface area contributed by atoms with Crippen molar-refractivity contribution < 1.29 is 13.9 Å². The third-order valence-corrected chi connectivity index (χ3v) is 3.75. The van der Waals surface area contributed by atoms with Crippen molar-refractivity contribution in [2.24, 2.45) is 0 Å². The summed E-state index contributed by atoms with van der Waals surface area (Å²) in [6, 6.07) is 9.76. The number of ether oxygens (including phenoxy) is 1. The molecule has 4 nitrogen and oxygen atoms in total. The summed E-state index contributed by atoms with van der Waals surface area (Å²) >= 11 is 0. The van der Waals surface area contributed by atoms with Crippen LogP contribution in [-0.4, -0.2) is 42.1 Å². The van der Waals surface area contributed by atoms with Gasteiger partial charge >= 0.3 is 0 Å². The molecule has 114 valence electrons. The topological polar surface area (TPSA) is 42.4 Å². The summed E-state index contributed by atoms with van der Waals surface area (Å²) in [5.74, 6) is -0.293. The van der Waals surface area contributed by atoms with E-state index in [1.54, 1.807) is 29.2 Å². The third kappa shape index (κ3) is 2.99. The van der Waals surface area contributed by atoms with Crippen LogP contribution in [0.5, 0.6) is 0 Å². The molecule has 0 saturated carbocycles. The van der Waals surface area contributed by atoms with E-state index in [1.165, 1.54) is 12.1 Å². The van der Waals surface area contributed by atoms with Gasteiger partial charge in [0.2, 0.25) is 0 Å². The Balaban J connectivity index is 1.85. The van der Waals surface area contributed by atoms with Crippen LogP contribution >= 0.6 is 0 Å². The highest BCUT2D eigenvalue weighted by atomic mass is 19.1. The molecule has 0 radical (unpaired) electrons. The van der Waals surface area contributed by atoms with E-state index in [2.05, 4.69) is 4.98 Å². The minimum Gasteiger partial charge on any atom is -0.378 e. The summed E-state index contributed by atoms with van der Waals surface area (Å²) in [6.45, 7) is 4.19. The lowest BCUT2D eigenvalue weighted by Crippen LogP contribution is -2.41. The summed E-state index contributed by atoms with van der Waals surface area (Å²) in [5, 5.41) is 0. The fourth-order valence-corrected chi connectivity index (χ4v) is 2.51. The summed E-state index contributed by atoms with van der Waals surface area (Å²) < 4.78 is 18.2. The minimum atomic E-state index is -0.278. The maximum absolute atomic E-state index is 13.0. The number of halogens is 1. The first-order chi connectivity index (χ1) is 10.6. The normalized spacial score (nSPS) is 14.9. The number of benzene rings is 1. The zero-order valence-electron chi connectivity index (χ0n) is 12.4. The van der Waals surface area contributed by atoms with Crippen molar-refractivity contribution in [3.63, 3.8) is 0 Å². The van der Waals surface area contributed by atoms with Crippen molar-refractivity contribution in [1.29, 1.82) is 0 Å². The second kappa shape index (κ2) is 6.23. The molecule has 0 spiro atoms. The number of aryl methyl sites for hydroxylation is 1. The molecule has 0 bridgehead atoms. The first-order valence-electron chi connectivity index (χ1n) is 7.26. The minimum absolute atomic E-state index is 0.0149. The van der Waals surface area contributed by atoms with E-state index in [1.807, 2.05) is 6.92 Å². The Morgan fingerprint density at radius 3 is 2.45 bits per heavy atom. The molecule has 2 aromatic rings. The highest BCUT2D eigenvalue weighted by molar-refractivity contribution is 5.95. The molecule has 1 saturated heterocycles. The van der Waals surface area contributed by atoms with E-state index in [0.29, 0.717) is 37.6 Å². The molecule has 1 aliphatic heterocycles. The van der Waals surface area contributed by atoms with E-state index < -0.39 is 0 Å². The third-order valence-electron chi connectivity index (χ3n) is 3.75. The van der Waals surface area contributed by atoms with Crippen molar-refractivity contribution in [3.05, 3.63) is 53.5 Å². The number of morpholine rings is 1. The van der Waals surface area contributed by atoms with Crippen LogP contribution in [0.3, 0.4) is 0 Å². The quantitative estimate of drug-likeness (QED) is 0.856.